The van der Waals surface area contributed by atoms with Gasteiger partial charge in [-0.25, -0.2) is 0 Å². The molecule has 3 rings (SSSR count). The molecule has 1 aliphatic heterocycles. The summed E-state index contributed by atoms with van der Waals surface area (Å²) in [6, 6.07) is 8.17. The van der Waals surface area contributed by atoms with Crippen molar-refractivity contribution in [2.45, 2.75) is 63.8 Å². The van der Waals surface area contributed by atoms with Crippen molar-refractivity contribution in [2.75, 3.05) is 4.90 Å². The zero-order valence-corrected chi connectivity index (χ0v) is 20.3. The van der Waals surface area contributed by atoms with Crippen LogP contribution in [0, 0.1) is 0 Å². The monoisotopic (exact) mass is 545 g/mol. The Kier molecular flexibility index (Phi) is 8.58. The lowest BCUT2D eigenvalue weighted by Crippen LogP contribution is -2.57. The van der Waals surface area contributed by atoms with Crippen LogP contribution in [-0.4, -0.2) is 48.4 Å². The van der Waals surface area contributed by atoms with Gasteiger partial charge in [-0.15, -0.1) is 13.2 Å². The summed E-state index contributed by atoms with van der Waals surface area (Å²) in [4.78, 5) is 39.7. The number of halogens is 6. The molecule has 0 saturated carbocycles. The van der Waals surface area contributed by atoms with Gasteiger partial charge >= 0.3 is 18.4 Å². The highest BCUT2D eigenvalue weighted by molar-refractivity contribution is 6.01. The Labute approximate surface area is 214 Å². The molecule has 2 atom stereocenters. The molecule has 1 heterocycles. The van der Waals surface area contributed by atoms with E-state index in [1.165, 1.54) is 22.3 Å². The number of nitrogens with zero attached hydrogens (tertiary/aromatic N) is 1. The van der Waals surface area contributed by atoms with E-state index in [2.05, 4.69) is 10.1 Å². The Hall–Kier alpha value is -3.77. The average molecular weight is 545 g/mol. The van der Waals surface area contributed by atoms with Crippen LogP contribution in [0.1, 0.15) is 31.4 Å². The van der Waals surface area contributed by atoms with E-state index in [4.69, 9.17) is 0 Å². The summed E-state index contributed by atoms with van der Waals surface area (Å²) >= 11 is 0. The molecule has 0 radical (unpaired) electrons. The summed E-state index contributed by atoms with van der Waals surface area (Å²) in [5.74, 6) is -4.89. The summed E-state index contributed by atoms with van der Waals surface area (Å²) in [6.45, 7) is 3.51. The number of alkyl halides is 6. The van der Waals surface area contributed by atoms with Crippen molar-refractivity contribution >= 4 is 23.4 Å². The average Bonchev–Trinajstić information content (AvgIpc) is 2.94. The Morgan fingerprint density at radius 2 is 1.66 bits per heavy atom. The van der Waals surface area contributed by atoms with Gasteiger partial charge in [-0.3, -0.25) is 14.4 Å². The number of hydrogen-bond donors (Lipinski definition) is 2. The second kappa shape index (κ2) is 11.3. The smallest absolute Gasteiger partial charge is 0.406 e. The van der Waals surface area contributed by atoms with Crippen LogP contribution in [0.5, 0.6) is 5.75 Å². The van der Waals surface area contributed by atoms with Gasteiger partial charge in [0.05, 0.1) is 0 Å². The second-order valence-corrected chi connectivity index (χ2v) is 8.91. The number of ether oxygens (including phenoxy) is 1. The van der Waals surface area contributed by atoms with Gasteiger partial charge in [0.25, 0.3) is 0 Å². The second-order valence-electron chi connectivity index (χ2n) is 8.91. The molecule has 0 unspecified atom stereocenters. The number of carbonyl (C=O) groups excluding carboxylic acids is 3. The van der Waals surface area contributed by atoms with Crippen molar-refractivity contribution in [2.24, 2.45) is 0 Å². The highest BCUT2D eigenvalue weighted by Gasteiger charge is 2.42. The van der Waals surface area contributed by atoms with Gasteiger partial charge in [0.15, 0.2) is 0 Å². The van der Waals surface area contributed by atoms with Crippen LogP contribution in [0.15, 0.2) is 48.5 Å². The van der Waals surface area contributed by atoms with E-state index in [0.717, 1.165) is 17.7 Å². The van der Waals surface area contributed by atoms with Crippen LogP contribution in [0.2, 0.25) is 0 Å². The zero-order chi connectivity index (χ0) is 28.3. The highest BCUT2D eigenvalue weighted by atomic mass is 19.4. The number of fused-ring (bicyclic) bond motifs is 1. The third kappa shape index (κ3) is 7.17. The Morgan fingerprint density at radius 1 is 1.03 bits per heavy atom. The minimum atomic E-state index is -5.37. The highest BCUT2D eigenvalue weighted by Crippen LogP contribution is 2.30. The van der Waals surface area contributed by atoms with E-state index < -0.39 is 54.5 Å². The van der Waals surface area contributed by atoms with E-state index >= 15 is 0 Å². The molecule has 0 aliphatic carbocycles. The molecule has 1 aliphatic rings. The van der Waals surface area contributed by atoms with Crippen molar-refractivity contribution in [1.82, 2.24) is 10.6 Å². The molecule has 7 nitrogen and oxygen atoms in total. The van der Waals surface area contributed by atoms with Gasteiger partial charge in [0.1, 0.15) is 17.8 Å². The van der Waals surface area contributed by atoms with E-state index in [9.17, 15) is 40.7 Å². The first-order valence-electron chi connectivity index (χ1n) is 11.6. The predicted octanol–water partition coefficient (Wildman–Crippen LogP) is 4.05. The van der Waals surface area contributed by atoms with Gasteiger partial charge in [-0.1, -0.05) is 36.4 Å². The molecule has 2 N–H and O–H groups in total. The number of carbonyl (C=O) groups is 3. The first-order chi connectivity index (χ1) is 17.7. The van der Waals surface area contributed by atoms with Crippen LogP contribution >= 0.6 is 0 Å². The van der Waals surface area contributed by atoms with Crippen molar-refractivity contribution in [3.8, 4) is 5.75 Å². The number of hydrogen-bond acceptors (Lipinski definition) is 4. The molecule has 3 amide bonds. The largest absolute Gasteiger partial charge is 0.573 e. The Morgan fingerprint density at radius 3 is 2.29 bits per heavy atom. The molecule has 38 heavy (non-hydrogen) atoms. The number of amides is 3. The van der Waals surface area contributed by atoms with Gasteiger partial charge in [-0.05, 0) is 49.9 Å². The molecular weight excluding hydrogens is 520 g/mol. The lowest BCUT2D eigenvalue weighted by molar-refractivity contribution is -0.274. The van der Waals surface area contributed by atoms with E-state index in [1.54, 1.807) is 32.0 Å². The van der Waals surface area contributed by atoms with Crippen molar-refractivity contribution in [3.63, 3.8) is 0 Å². The molecular formula is C25H25F6N3O4. The van der Waals surface area contributed by atoms with E-state index in [0.29, 0.717) is 12.1 Å². The molecule has 0 fully saturated rings. The molecule has 13 heteroatoms. The van der Waals surface area contributed by atoms with Crippen molar-refractivity contribution in [1.29, 1.82) is 0 Å². The SMILES string of the molecule is CC(C)N1C(=O)[C@H](NC(=O)[C@@H](Cc2ccccc2OC(F)(F)F)NC(=O)C(F)(F)F)CCc2ccccc21. The lowest BCUT2D eigenvalue weighted by Gasteiger charge is -2.30. The summed E-state index contributed by atoms with van der Waals surface area (Å²) in [7, 11) is 0. The summed E-state index contributed by atoms with van der Waals surface area (Å²) in [5.41, 5.74) is 1.17. The molecule has 0 saturated heterocycles. The Bertz CT molecular complexity index is 1180. The minimum absolute atomic E-state index is 0.110. The van der Waals surface area contributed by atoms with Crippen molar-refractivity contribution in [3.05, 3.63) is 59.7 Å². The first kappa shape index (κ1) is 28.8. The predicted molar refractivity (Wildman–Crippen MR) is 124 cm³/mol. The van der Waals surface area contributed by atoms with Gasteiger partial charge in [0.2, 0.25) is 11.8 Å². The van der Waals surface area contributed by atoms with E-state index in [-0.39, 0.29) is 18.0 Å². The summed E-state index contributed by atoms with van der Waals surface area (Å²) in [5, 5.41) is 3.93. The quantitative estimate of drug-likeness (QED) is 0.514. The number of aryl methyl sites for hydroxylation is 1. The lowest BCUT2D eigenvalue weighted by atomic mass is 10.0. The standard InChI is InChI=1S/C25H25F6N3O4/c1-14(2)34-19-9-5-3-7-15(19)11-12-17(22(34)36)32-21(35)18(33-23(37)24(26,27)28)13-16-8-4-6-10-20(16)38-25(29,30)31/h3-10,14,17-18H,11-13H2,1-2H3,(H,32,35)(H,33,37)/t17-,18-/m1/s1. The summed E-state index contributed by atoms with van der Waals surface area (Å²) in [6.07, 6.45) is -10.8. The van der Waals surface area contributed by atoms with Crippen LogP contribution in [0.25, 0.3) is 0 Å². The van der Waals surface area contributed by atoms with Crippen molar-refractivity contribution < 1.29 is 45.5 Å². The first-order valence-corrected chi connectivity index (χ1v) is 11.6. The zero-order valence-electron chi connectivity index (χ0n) is 20.3. The normalized spacial score (nSPS) is 16.9. The molecule has 0 aromatic heterocycles. The van der Waals surface area contributed by atoms with Crippen LogP contribution in [-0.2, 0) is 27.2 Å². The van der Waals surface area contributed by atoms with Crippen LogP contribution < -0.4 is 20.3 Å². The molecule has 206 valence electrons. The third-order valence-electron chi connectivity index (χ3n) is 5.82. The third-order valence-corrected chi connectivity index (χ3v) is 5.82. The van der Waals surface area contributed by atoms with Gasteiger partial charge in [-0.2, -0.15) is 13.2 Å². The van der Waals surface area contributed by atoms with E-state index in [1.807, 2.05) is 6.07 Å². The van der Waals surface area contributed by atoms with Gasteiger partial charge < -0.3 is 20.3 Å². The maximum atomic E-state index is 13.4. The Balaban J connectivity index is 1.89. The number of para-hydroxylation sites is 2. The van der Waals surface area contributed by atoms with Gasteiger partial charge in [0, 0.05) is 18.2 Å². The number of anilines is 1. The fourth-order valence-corrected chi connectivity index (χ4v) is 4.17. The summed E-state index contributed by atoms with van der Waals surface area (Å²) < 4.78 is 81.4. The molecule has 0 spiro atoms. The maximum Gasteiger partial charge on any atom is 0.573 e. The fourth-order valence-electron chi connectivity index (χ4n) is 4.17. The molecule has 2 aromatic carbocycles. The van der Waals surface area contributed by atoms with Crippen LogP contribution in [0.3, 0.4) is 0 Å². The fraction of sp³-hybridized carbons (Fsp3) is 0.400. The maximum absolute atomic E-state index is 13.4. The topological polar surface area (TPSA) is 87.7 Å². The minimum Gasteiger partial charge on any atom is -0.406 e. The number of benzene rings is 2. The number of rotatable bonds is 7. The molecule has 0 bridgehead atoms. The van der Waals surface area contributed by atoms with Crippen LogP contribution in [0.4, 0.5) is 32.0 Å². The number of nitrogens with one attached hydrogen (secondary N) is 2. The molecule has 2 aromatic rings.